The van der Waals surface area contributed by atoms with E-state index in [0.717, 1.165) is 18.9 Å². The van der Waals surface area contributed by atoms with Crippen LogP contribution in [0.1, 0.15) is 32.4 Å². The van der Waals surface area contributed by atoms with E-state index in [-0.39, 0.29) is 17.9 Å². The zero-order chi connectivity index (χ0) is 16.6. The highest BCUT2D eigenvalue weighted by atomic mass is 19.4. The van der Waals surface area contributed by atoms with E-state index in [1.54, 1.807) is 12.1 Å². The van der Waals surface area contributed by atoms with Crippen LogP contribution in [-0.4, -0.2) is 27.0 Å². The zero-order valence-corrected chi connectivity index (χ0v) is 12.9. The quantitative estimate of drug-likeness (QED) is 0.840. The standard InChI is InChI=1S/C16H17F3N4/c1-10-3-4-11(2)23(10)14-9-13(16(17,18)19)21-15(22-14)12-5-7-20-8-6-12/h5-11H,3-4H2,1-2H3. The number of halogens is 3. The maximum Gasteiger partial charge on any atom is 0.433 e. The molecule has 0 radical (unpaired) electrons. The predicted octanol–water partition coefficient (Wildman–Crippen LogP) is 3.93. The Balaban J connectivity index is 2.13. The molecule has 4 nitrogen and oxygen atoms in total. The lowest BCUT2D eigenvalue weighted by molar-refractivity contribution is -0.141. The van der Waals surface area contributed by atoms with E-state index in [4.69, 9.17) is 0 Å². The Kier molecular flexibility index (Phi) is 3.95. The van der Waals surface area contributed by atoms with Crippen molar-refractivity contribution < 1.29 is 13.2 Å². The second kappa shape index (κ2) is 5.79. The van der Waals surface area contributed by atoms with Crippen LogP contribution < -0.4 is 4.90 Å². The van der Waals surface area contributed by atoms with Crippen molar-refractivity contribution in [1.29, 1.82) is 0 Å². The summed E-state index contributed by atoms with van der Waals surface area (Å²) in [7, 11) is 0. The molecule has 122 valence electrons. The molecule has 0 spiro atoms. The molecule has 0 saturated carbocycles. The Hall–Kier alpha value is -2.18. The molecule has 2 aromatic rings. The van der Waals surface area contributed by atoms with E-state index in [1.807, 2.05) is 18.7 Å². The molecular formula is C16H17F3N4. The minimum absolute atomic E-state index is 0.0727. The van der Waals surface area contributed by atoms with Gasteiger partial charge in [0.25, 0.3) is 0 Å². The van der Waals surface area contributed by atoms with Crippen LogP contribution in [0, 0.1) is 0 Å². The molecule has 0 aromatic carbocycles. The number of hydrogen-bond acceptors (Lipinski definition) is 4. The fourth-order valence-electron chi connectivity index (χ4n) is 2.99. The summed E-state index contributed by atoms with van der Waals surface area (Å²) >= 11 is 0. The third-order valence-electron chi connectivity index (χ3n) is 4.16. The SMILES string of the molecule is CC1CCC(C)N1c1cc(C(F)(F)F)nc(-c2ccncc2)n1. The van der Waals surface area contributed by atoms with Gasteiger partial charge in [-0.05, 0) is 38.8 Å². The summed E-state index contributed by atoms with van der Waals surface area (Å²) in [4.78, 5) is 13.9. The van der Waals surface area contributed by atoms with E-state index < -0.39 is 11.9 Å². The molecule has 23 heavy (non-hydrogen) atoms. The molecule has 0 bridgehead atoms. The number of rotatable bonds is 2. The number of hydrogen-bond donors (Lipinski definition) is 0. The highest BCUT2D eigenvalue weighted by molar-refractivity contribution is 5.58. The van der Waals surface area contributed by atoms with Gasteiger partial charge in [-0.25, -0.2) is 9.97 Å². The van der Waals surface area contributed by atoms with E-state index in [2.05, 4.69) is 15.0 Å². The highest BCUT2D eigenvalue weighted by Crippen LogP contribution is 2.35. The van der Waals surface area contributed by atoms with Gasteiger partial charge in [-0.2, -0.15) is 13.2 Å². The Labute approximate surface area is 132 Å². The second-order valence-corrected chi connectivity index (χ2v) is 5.85. The van der Waals surface area contributed by atoms with Crippen molar-refractivity contribution in [3.63, 3.8) is 0 Å². The summed E-state index contributed by atoms with van der Waals surface area (Å²) in [5.41, 5.74) is -0.396. The molecule has 3 rings (SSSR count). The molecule has 0 N–H and O–H groups in total. The lowest BCUT2D eigenvalue weighted by Gasteiger charge is -2.28. The number of nitrogens with zero attached hydrogens (tertiary/aromatic N) is 4. The highest BCUT2D eigenvalue weighted by Gasteiger charge is 2.36. The average Bonchev–Trinajstić information content (AvgIpc) is 2.86. The summed E-state index contributed by atoms with van der Waals surface area (Å²) in [5, 5.41) is 0. The summed E-state index contributed by atoms with van der Waals surface area (Å²) in [6.45, 7) is 4.01. The van der Waals surface area contributed by atoms with Gasteiger partial charge in [0.15, 0.2) is 11.5 Å². The van der Waals surface area contributed by atoms with Crippen molar-refractivity contribution in [2.75, 3.05) is 4.90 Å². The third kappa shape index (κ3) is 3.13. The van der Waals surface area contributed by atoms with Crippen molar-refractivity contribution in [1.82, 2.24) is 15.0 Å². The molecule has 1 fully saturated rings. The fourth-order valence-corrected chi connectivity index (χ4v) is 2.99. The Morgan fingerprint density at radius 2 is 1.65 bits per heavy atom. The Bertz CT molecular complexity index is 677. The largest absolute Gasteiger partial charge is 0.433 e. The van der Waals surface area contributed by atoms with E-state index in [9.17, 15) is 13.2 Å². The van der Waals surface area contributed by atoms with Gasteiger partial charge in [0.05, 0.1) is 0 Å². The van der Waals surface area contributed by atoms with Gasteiger partial charge in [-0.1, -0.05) is 0 Å². The number of alkyl halides is 3. The van der Waals surface area contributed by atoms with Crippen LogP contribution in [0.5, 0.6) is 0 Å². The number of aromatic nitrogens is 3. The number of pyridine rings is 1. The second-order valence-electron chi connectivity index (χ2n) is 5.85. The van der Waals surface area contributed by atoms with Gasteiger partial charge in [0.1, 0.15) is 5.82 Å². The molecule has 0 aliphatic carbocycles. The van der Waals surface area contributed by atoms with Crippen molar-refractivity contribution in [3.05, 3.63) is 36.3 Å². The lowest BCUT2D eigenvalue weighted by Crippen LogP contribution is -2.33. The topological polar surface area (TPSA) is 41.9 Å². The normalized spacial score (nSPS) is 21.7. The van der Waals surface area contributed by atoms with Crippen molar-refractivity contribution >= 4 is 5.82 Å². The first-order valence-electron chi connectivity index (χ1n) is 7.51. The molecule has 7 heteroatoms. The van der Waals surface area contributed by atoms with Crippen molar-refractivity contribution in [2.24, 2.45) is 0 Å². The lowest BCUT2D eigenvalue weighted by atomic mass is 10.2. The van der Waals surface area contributed by atoms with Crippen LogP contribution in [0.15, 0.2) is 30.6 Å². The first-order chi connectivity index (χ1) is 10.9. The van der Waals surface area contributed by atoms with E-state index in [0.29, 0.717) is 11.4 Å². The van der Waals surface area contributed by atoms with Gasteiger partial charge in [0, 0.05) is 36.1 Å². The average molecular weight is 322 g/mol. The summed E-state index contributed by atoms with van der Waals surface area (Å²) in [5.74, 6) is 0.403. The number of anilines is 1. The molecule has 0 amide bonds. The van der Waals surface area contributed by atoms with Gasteiger partial charge >= 0.3 is 6.18 Å². The molecule has 1 aliphatic rings. The molecule has 2 aromatic heterocycles. The van der Waals surface area contributed by atoms with Gasteiger partial charge in [-0.3, -0.25) is 4.98 Å². The minimum atomic E-state index is -4.51. The van der Waals surface area contributed by atoms with Crippen LogP contribution in [0.2, 0.25) is 0 Å². The van der Waals surface area contributed by atoms with Crippen molar-refractivity contribution in [2.45, 2.75) is 44.9 Å². The van der Waals surface area contributed by atoms with Crippen LogP contribution in [-0.2, 0) is 6.18 Å². The molecule has 3 heterocycles. The summed E-state index contributed by atoms with van der Waals surface area (Å²) in [6.07, 6.45) is 0.402. The predicted molar refractivity (Wildman–Crippen MR) is 80.9 cm³/mol. The van der Waals surface area contributed by atoms with Crippen molar-refractivity contribution in [3.8, 4) is 11.4 Å². The van der Waals surface area contributed by atoms with Gasteiger partial charge in [0.2, 0.25) is 0 Å². The molecular weight excluding hydrogens is 305 g/mol. The Morgan fingerprint density at radius 1 is 1.04 bits per heavy atom. The molecule has 1 saturated heterocycles. The fraction of sp³-hybridized carbons (Fsp3) is 0.438. The maximum atomic E-state index is 13.2. The first kappa shape index (κ1) is 15.7. The monoisotopic (exact) mass is 322 g/mol. The van der Waals surface area contributed by atoms with E-state index >= 15 is 0 Å². The van der Waals surface area contributed by atoms with E-state index in [1.165, 1.54) is 12.4 Å². The third-order valence-corrected chi connectivity index (χ3v) is 4.16. The van der Waals surface area contributed by atoms with Gasteiger partial charge in [-0.15, -0.1) is 0 Å². The Morgan fingerprint density at radius 3 is 2.22 bits per heavy atom. The zero-order valence-electron chi connectivity index (χ0n) is 12.9. The summed E-state index contributed by atoms with van der Waals surface area (Å²) < 4.78 is 39.7. The smallest absolute Gasteiger partial charge is 0.351 e. The summed E-state index contributed by atoms with van der Waals surface area (Å²) in [6, 6.07) is 4.58. The molecule has 1 aliphatic heterocycles. The van der Waals surface area contributed by atoms with Crippen LogP contribution >= 0.6 is 0 Å². The van der Waals surface area contributed by atoms with Gasteiger partial charge < -0.3 is 4.90 Å². The molecule has 2 unspecified atom stereocenters. The van der Waals surface area contributed by atoms with Crippen LogP contribution in [0.25, 0.3) is 11.4 Å². The van der Waals surface area contributed by atoms with Crippen LogP contribution in [0.3, 0.4) is 0 Å². The minimum Gasteiger partial charge on any atom is -0.351 e. The maximum absolute atomic E-state index is 13.2. The first-order valence-corrected chi connectivity index (χ1v) is 7.51. The van der Waals surface area contributed by atoms with Crippen LogP contribution in [0.4, 0.5) is 19.0 Å². The molecule has 2 atom stereocenters.